The Morgan fingerprint density at radius 1 is 1.29 bits per heavy atom. The van der Waals surface area contributed by atoms with Gasteiger partial charge in [0, 0.05) is 37.9 Å². The maximum atomic E-state index is 12.2. The van der Waals surface area contributed by atoms with Gasteiger partial charge in [0.2, 0.25) is 5.91 Å². The van der Waals surface area contributed by atoms with Crippen molar-refractivity contribution in [2.45, 2.75) is 25.4 Å². The van der Waals surface area contributed by atoms with E-state index in [0.29, 0.717) is 19.1 Å². The van der Waals surface area contributed by atoms with E-state index in [9.17, 15) is 4.79 Å². The topological polar surface area (TPSA) is 61.6 Å². The molecule has 0 aliphatic carbocycles. The molecule has 3 rings (SSSR count). The van der Waals surface area contributed by atoms with Crippen molar-refractivity contribution in [3.8, 4) is 0 Å². The van der Waals surface area contributed by atoms with Crippen LogP contribution in [0.5, 0.6) is 0 Å². The molecule has 2 aliphatic heterocycles. The summed E-state index contributed by atoms with van der Waals surface area (Å²) < 4.78 is 0. The first-order valence-electron chi connectivity index (χ1n) is 7.80. The molecule has 0 radical (unpaired) electrons. The minimum Gasteiger partial charge on any atom is -0.326 e. The molecule has 1 unspecified atom stereocenters. The van der Waals surface area contributed by atoms with E-state index >= 15 is 0 Å². The van der Waals surface area contributed by atoms with Crippen molar-refractivity contribution in [1.82, 2.24) is 9.80 Å². The lowest BCUT2D eigenvalue weighted by Gasteiger charge is -2.37. The summed E-state index contributed by atoms with van der Waals surface area (Å²) in [5, 5.41) is 2.99. The molecule has 21 heavy (non-hydrogen) atoms. The van der Waals surface area contributed by atoms with E-state index < -0.39 is 0 Å². The number of para-hydroxylation sites is 1. The first-order chi connectivity index (χ1) is 10.3. The van der Waals surface area contributed by atoms with Gasteiger partial charge in [0.05, 0.1) is 6.54 Å². The van der Waals surface area contributed by atoms with E-state index in [4.69, 9.17) is 5.73 Å². The zero-order valence-electron chi connectivity index (χ0n) is 12.4. The third-order valence-electron chi connectivity index (χ3n) is 4.55. The van der Waals surface area contributed by atoms with Gasteiger partial charge in [-0.15, -0.1) is 0 Å². The molecule has 2 heterocycles. The standard InChI is InChI=1S/C16H24N4O/c17-10-13-4-1-2-6-15(13)18-16(21)12-19-8-9-20-7-3-5-14(20)11-19/h1-2,4,6,14H,3,5,7-12,17H2,(H,18,21). The number of benzene rings is 1. The van der Waals surface area contributed by atoms with Crippen molar-refractivity contribution in [2.24, 2.45) is 5.73 Å². The lowest BCUT2D eigenvalue weighted by molar-refractivity contribution is -0.117. The van der Waals surface area contributed by atoms with Gasteiger partial charge in [-0.1, -0.05) is 18.2 Å². The molecule has 2 fully saturated rings. The van der Waals surface area contributed by atoms with Crippen molar-refractivity contribution >= 4 is 11.6 Å². The van der Waals surface area contributed by atoms with Crippen molar-refractivity contribution in [2.75, 3.05) is 38.0 Å². The molecular weight excluding hydrogens is 264 g/mol. The number of anilines is 1. The number of carbonyl (C=O) groups is 1. The fourth-order valence-corrected chi connectivity index (χ4v) is 3.41. The highest BCUT2D eigenvalue weighted by Crippen LogP contribution is 2.21. The minimum atomic E-state index is 0.0577. The molecule has 5 heteroatoms. The number of nitrogens with zero attached hydrogens (tertiary/aromatic N) is 2. The summed E-state index contributed by atoms with van der Waals surface area (Å²) >= 11 is 0. The van der Waals surface area contributed by atoms with Gasteiger partial charge in [0.1, 0.15) is 0 Å². The first kappa shape index (κ1) is 14.5. The Bertz CT molecular complexity index is 505. The van der Waals surface area contributed by atoms with E-state index in [2.05, 4.69) is 15.1 Å². The zero-order valence-corrected chi connectivity index (χ0v) is 12.4. The Labute approximate surface area is 126 Å². The highest BCUT2D eigenvalue weighted by Gasteiger charge is 2.31. The number of hydrogen-bond acceptors (Lipinski definition) is 4. The molecule has 1 atom stereocenters. The smallest absolute Gasteiger partial charge is 0.238 e. The van der Waals surface area contributed by atoms with Crippen LogP contribution in [0.25, 0.3) is 0 Å². The summed E-state index contributed by atoms with van der Waals surface area (Å²) in [4.78, 5) is 17.1. The fraction of sp³-hybridized carbons (Fsp3) is 0.562. The summed E-state index contributed by atoms with van der Waals surface area (Å²) in [7, 11) is 0. The summed E-state index contributed by atoms with van der Waals surface area (Å²) in [5.74, 6) is 0.0577. The Morgan fingerprint density at radius 2 is 2.14 bits per heavy atom. The minimum absolute atomic E-state index is 0.0577. The predicted molar refractivity (Wildman–Crippen MR) is 84.0 cm³/mol. The van der Waals surface area contributed by atoms with Gasteiger partial charge in [0.15, 0.2) is 0 Å². The maximum absolute atomic E-state index is 12.2. The van der Waals surface area contributed by atoms with Crippen LogP contribution in [-0.4, -0.2) is 54.5 Å². The van der Waals surface area contributed by atoms with Crippen molar-refractivity contribution in [1.29, 1.82) is 0 Å². The van der Waals surface area contributed by atoms with Gasteiger partial charge >= 0.3 is 0 Å². The summed E-state index contributed by atoms with van der Waals surface area (Å²) in [6.45, 7) is 5.25. The number of carbonyl (C=O) groups excluding carboxylic acids is 1. The molecule has 1 aromatic rings. The Hall–Kier alpha value is -1.43. The van der Waals surface area contributed by atoms with Gasteiger partial charge in [-0.2, -0.15) is 0 Å². The SMILES string of the molecule is NCc1ccccc1NC(=O)CN1CCN2CCCC2C1. The van der Waals surface area contributed by atoms with Crippen molar-refractivity contribution < 1.29 is 4.79 Å². The molecule has 0 saturated carbocycles. The Kier molecular flexibility index (Phi) is 4.53. The van der Waals surface area contributed by atoms with Crippen LogP contribution in [0.2, 0.25) is 0 Å². The summed E-state index contributed by atoms with van der Waals surface area (Å²) in [6, 6.07) is 8.38. The average Bonchev–Trinajstić information content (AvgIpc) is 2.95. The zero-order chi connectivity index (χ0) is 14.7. The molecule has 0 bridgehead atoms. The van der Waals surface area contributed by atoms with Crippen LogP contribution >= 0.6 is 0 Å². The van der Waals surface area contributed by atoms with Crippen LogP contribution < -0.4 is 11.1 Å². The van der Waals surface area contributed by atoms with Crippen LogP contribution in [0.1, 0.15) is 18.4 Å². The summed E-state index contributed by atoms with van der Waals surface area (Å²) in [6.07, 6.45) is 2.57. The molecule has 114 valence electrons. The lowest BCUT2D eigenvalue weighted by Crippen LogP contribution is -2.51. The van der Waals surface area contributed by atoms with Crippen molar-refractivity contribution in [3.63, 3.8) is 0 Å². The van der Waals surface area contributed by atoms with Crippen LogP contribution in [-0.2, 0) is 11.3 Å². The molecule has 2 aliphatic rings. The van der Waals surface area contributed by atoms with Gasteiger partial charge in [0.25, 0.3) is 0 Å². The van der Waals surface area contributed by atoms with Crippen LogP contribution in [0.3, 0.4) is 0 Å². The molecule has 3 N–H and O–H groups in total. The molecular formula is C16H24N4O. The molecule has 1 amide bonds. The number of hydrogen-bond donors (Lipinski definition) is 2. The molecule has 5 nitrogen and oxygen atoms in total. The molecule has 1 aromatic carbocycles. The number of piperazine rings is 1. The second kappa shape index (κ2) is 6.56. The van der Waals surface area contributed by atoms with Crippen LogP contribution in [0.4, 0.5) is 5.69 Å². The maximum Gasteiger partial charge on any atom is 0.238 e. The third kappa shape index (κ3) is 3.43. The quantitative estimate of drug-likeness (QED) is 0.863. The van der Waals surface area contributed by atoms with Crippen molar-refractivity contribution in [3.05, 3.63) is 29.8 Å². The average molecular weight is 288 g/mol. The summed E-state index contributed by atoms with van der Waals surface area (Å²) in [5.41, 5.74) is 7.52. The number of amides is 1. The van der Waals surface area contributed by atoms with E-state index in [0.717, 1.165) is 30.9 Å². The number of rotatable bonds is 4. The fourth-order valence-electron chi connectivity index (χ4n) is 3.41. The number of fused-ring (bicyclic) bond motifs is 1. The Balaban J connectivity index is 1.54. The second-order valence-corrected chi connectivity index (χ2v) is 5.98. The van der Waals surface area contributed by atoms with Gasteiger partial charge in [-0.05, 0) is 31.0 Å². The number of nitrogens with one attached hydrogen (secondary N) is 1. The predicted octanol–water partition coefficient (Wildman–Crippen LogP) is 0.864. The van der Waals surface area contributed by atoms with Crippen LogP contribution in [0.15, 0.2) is 24.3 Å². The van der Waals surface area contributed by atoms with Gasteiger partial charge < -0.3 is 11.1 Å². The molecule has 0 aromatic heterocycles. The van der Waals surface area contributed by atoms with Crippen LogP contribution in [0, 0.1) is 0 Å². The normalized spacial score (nSPS) is 23.0. The Morgan fingerprint density at radius 3 is 3.00 bits per heavy atom. The van der Waals surface area contributed by atoms with E-state index in [1.54, 1.807) is 0 Å². The molecule has 2 saturated heterocycles. The van der Waals surface area contributed by atoms with Gasteiger partial charge in [-0.25, -0.2) is 0 Å². The van der Waals surface area contributed by atoms with E-state index in [-0.39, 0.29) is 5.91 Å². The van der Waals surface area contributed by atoms with E-state index in [1.165, 1.54) is 19.4 Å². The third-order valence-corrected chi connectivity index (χ3v) is 4.55. The second-order valence-electron chi connectivity index (χ2n) is 5.98. The lowest BCUT2D eigenvalue weighted by atomic mass is 10.1. The van der Waals surface area contributed by atoms with E-state index in [1.807, 2.05) is 24.3 Å². The number of nitrogens with two attached hydrogens (primary N) is 1. The highest BCUT2D eigenvalue weighted by molar-refractivity contribution is 5.93. The largest absolute Gasteiger partial charge is 0.326 e. The highest BCUT2D eigenvalue weighted by atomic mass is 16.2. The first-order valence-corrected chi connectivity index (χ1v) is 7.80. The molecule has 0 spiro atoms. The van der Waals surface area contributed by atoms with Gasteiger partial charge in [-0.3, -0.25) is 14.6 Å². The monoisotopic (exact) mass is 288 g/mol.